The van der Waals surface area contributed by atoms with Crippen molar-refractivity contribution >= 4 is 0 Å². The molecular formula is C17H28N2O. The Labute approximate surface area is 123 Å². The monoisotopic (exact) mass is 276 g/mol. The molecule has 1 aliphatic heterocycles. The average Bonchev–Trinajstić information content (AvgIpc) is 2.91. The van der Waals surface area contributed by atoms with Gasteiger partial charge in [0, 0.05) is 25.0 Å². The van der Waals surface area contributed by atoms with E-state index in [-0.39, 0.29) is 0 Å². The summed E-state index contributed by atoms with van der Waals surface area (Å²) in [4.78, 5) is 2.44. The van der Waals surface area contributed by atoms with Crippen LogP contribution in [0.1, 0.15) is 18.9 Å². The van der Waals surface area contributed by atoms with Gasteiger partial charge in [0.1, 0.15) is 0 Å². The molecule has 0 saturated carbocycles. The molecule has 2 unspecified atom stereocenters. The topological polar surface area (TPSA) is 24.5 Å². The second kappa shape index (κ2) is 8.40. The van der Waals surface area contributed by atoms with Crippen molar-refractivity contribution in [2.24, 2.45) is 5.92 Å². The molecule has 0 radical (unpaired) electrons. The molecule has 0 bridgehead atoms. The summed E-state index contributed by atoms with van der Waals surface area (Å²) in [6.07, 6.45) is 2.31. The maximum atomic E-state index is 5.64. The third-order valence-electron chi connectivity index (χ3n) is 4.03. The summed E-state index contributed by atoms with van der Waals surface area (Å²) in [5, 5.41) is 3.61. The van der Waals surface area contributed by atoms with Crippen LogP contribution in [-0.2, 0) is 11.2 Å². The van der Waals surface area contributed by atoms with Crippen LogP contribution in [0.4, 0.5) is 0 Å². The van der Waals surface area contributed by atoms with Crippen molar-refractivity contribution in [2.75, 3.05) is 39.9 Å². The van der Waals surface area contributed by atoms with Gasteiger partial charge in [-0.1, -0.05) is 37.3 Å². The van der Waals surface area contributed by atoms with Gasteiger partial charge < -0.3 is 15.0 Å². The minimum absolute atomic E-state index is 0.536. The van der Waals surface area contributed by atoms with Gasteiger partial charge in [-0.3, -0.25) is 0 Å². The lowest BCUT2D eigenvalue weighted by atomic mass is 10.0. The Morgan fingerprint density at radius 3 is 2.80 bits per heavy atom. The van der Waals surface area contributed by atoms with E-state index in [4.69, 9.17) is 4.74 Å². The van der Waals surface area contributed by atoms with E-state index in [1.807, 2.05) is 0 Å². The quantitative estimate of drug-likeness (QED) is 0.787. The van der Waals surface area contributed by atoms with E-state index in [1.165, 1.54) is 12.0 Å². The standard InChI is InChI=1S/C17H28N2O/c1-3-10-18-17-14-20-13-16(17)12-19(2)11-9-15-7-5-4-6-8-15/h4-8,16-18H,3,9-14H2,1-2H3. The van der Waals surface area contributed by atoms with Gasteiger partial charge in [0.25, 0.3) is 0 Å². The lowest BCUT2D eigenvalue weighted by molar-refractivity contribution is 0.173. The molecule has 1 heterocycles. The van der Waals surface area contributed by atoms with E-state index < -0.39 is 0 Å². The zero-order valence-electron chi connectivity index (χ0n) is 12.8. The highest BCUT2D eigenvalue weighted by atomic mass is 16.5. The van der Waals surface area contributed by atoms with Gasteiger partial charge in [-0.05, 0) is 32.0 Å². The van der Waals surface area contributed by atoms with Crippen LogP contribution >= 0.6 is 0 Å². The van der Waals surface area contributed by atoms with Crippen molar-refractivity contribution in [1.29, 1.82) is 0 Å². The smallest absolute Gasteiger partial charge is 0.0623 e. The number of nitrogens with one attached hydrogen (secondary N) is 1. The molecule has 2 rings (SSSR count). The van der Waals surface area contributed by atoms with Crippen molar-refractivity contribution in [3.05, 3.63) is 35.9 Å². The molecule has 20 heavy (non-hydrogen) atoms. The molecule has 1 aliphatic rings. The Morgan fingerprint density at radius 1 is 1.25 bits per heavy atom. The summed E-state index contributed by atoms with van der Waals surface area (Å²) in [5.41, 5.74) is 1.42. The Hall–Kier alpha value is -0.900. The van der Waals surface area contributed by atoms with Gasteiger partial charge in [0.2, 0.25) is 0 Å². The summed E-state index contributed by atoms with van der Waals surface area (Å²) in [5.74, 6) is 0.627. The van der Waals surface area contributed by atoms with E-state index in [1.54, 1.807) is 0 Å². The Balaban J connectivity index is 1.72. The van der Waals surface area contributed by atoms with Crippen LogP contribution in [0.5, 0.6) is 0 Å². The van der Waals surface area contributed by atoms with E-state index in [0.29, 0.717) is 12.0 Å². The van der Waals surface area contributed by atoms with E-state index >= 15 is 0 Å². The number of likely N-dealkylation sites (N-methyl/N-ethyl adjacent to an activating group) is 1. The molecule has 1 aromatic rings. The Kier molecular flexibility index (Phi) is 6.51. The minimum Gasteiger partial charge on any atom is -0.379 e. The molecule has 3 nitrogen and oxygen atoms in total. The van der Waals surface area contributed by atoms with Crippen LogP contribution in [0.3, 0.4) is 0 Å². The molecule has 112 valence electrons. The largest absolute Gasteiger partial charge is 0.379 e. The normalized spacial score (nSPS) is 22.6. The number of hydrogen-bond donors (Lipinski definition) is 1. The highest BCUT2D eigenvalue weighted by molar-refractivity contribution is 5.14. The van der Waals surface area contributed by atoms with Gasteiger partial charge in [0.15, 0.2) is 0 Å². The van der Waals surface area contributed by atoms with Gasteiger partial charge in [0.05, 0.1) is 13.2 Å². The van der Waals surface area contributed by atoms with Crippen molar-refractivity contribution in [1.82, 2.24) is 10.2 Å². The van der Waals surface area contributed by atoms with Crippen molar-refractivity contribution < 1.29 is 4.74 Å². The summed E-state index contributed by atoms with van der Waals surface area (Å²) in [6.45, 7) is 7.31. The Morgan fingerprint density at radius 2 is 2.05 bits per heavy atom. The molecule has 1 fully saturated rings. The van der Waals surface area contributed by atoms with Crippen molar-refractivity contribution in [3.8, 4) is 0 Å². The Bertz CT molecular complexity index is 369. The number of hydrogen-bond acceptors (Lipinski definition) is 3. The molecule has 2 atom stereocenters. The molecule has 1 aromatic carbocycles. The van der Waals surface area contributed by atoms with Crippen LogP contribution in [0.2, 0.25) is 0 Å². The number of ether oxygens (including phenoxy) is 1. The third kappa shape index (κ3) is 4.89. The summed E-state index contributed by atoms with van der Waals surface area (Å²) in [6, 6.07) is 11.3. The predicted octanol–water partition coefficient (Wildman–Crippen LogP) is 2.18. The van der Waals surface area contributed by atoms with Crippen LogP contribution in [-0.4, -0.2) is 50.8 Å². The van der Waals surface area contributed by atoms with Crippen molar-refractivity contribution in [3.63, 3.8) is 0 Å². The zero-order valence-corrected chi connectivity index (χ0v) is 12.8. The second-order valence-electron chi connectivity index (χ2n) is 5.86. The molecule has 0 aliphatic carbocycles. The molecule has 0 spiro atoms. The second-order valence-corrected chi connectivity index (χ2v) is 5.86. The van der Waals surface area contributed by atoms with Crippen LogP contribution in [0.15, 0.2) is 30.3 Å². The molecule has 0 aromatic heterocycles. The lowest BCUT2D eigenvalue weighted by Gasteiger charge is -2.24. The lowest BCUT2D eigenvalue weighted by Crippen LogP contribution is -2.41. The fourth-order valence-corrected chi connectivity index (χ4v) is 2.79. The third-order valence-corrected chi connectivity index (χ3v) is 4.03. The van der Waals surface area contributed by atoms with Crippen molar-refractivity contribution in [2.45, 2.75) is 25.8 Å². The van der Waals surface area contributed by atoms with Crippen LogP contribution in [0.25, 0.3) is 0 Å². The van der Waals surface area contributed by atoms with Crippen LogP contribution < -0.4 is 5.32 Å². The van der Waals surface area contributed by atoms with E-state index in [9.17, 15) is 0 Å². The first-order valence-electron chi connectivity index (χ1n) is 7.83. The summed E-state index contributed by atoms with van der Waals surface area (Å²) < 4.78 is 5.64. The molecule has 3 heteroatoms. The molecule has 1 N–H and O–H groups in total. The van der Waals surface area contributed by atoms with Gasteiger partial charge in [-0.25, -0.2) is 0 Å². The highest BCUT2D eigenvalue weighted by Crippen LogP contribution is 2.15. The van der Waals surface area contributed by atoms with Gasteiger partial charge >= 0.3 is 0 Å². The summed E-state index contributed by atoms with van der Waals surface area (Å²) >= 11 is 0. The molecular weight excluding hydrogens is 248 g/mol. The summed E-state index contributed by atoms with van der Waals surface area (Å²) in [7, 11) is 2.22. The first kappa shape index (κ1) is 15.5. The van der Waals surface area contributed by atoms with Gasteiger partial charge in [-0.15, -0.1) is 0 Å². The fraction of sp³-hybridized carbons (Fsp3) is 0.647. The number of nitrogens with zero attached hydrogens (tertiary/aromatic N) is 1. The zero-order chi connectivity index (χ0) is 14.2. The molecule has 1 saturated heterocycles. The predicted molar refractivity (Wildman–Crippen MR) is 84.0 cm³/mol. The van der Waals surface area contributed by atoms with Gasteiger partial charge in [-0.2, -0.15) is 0 Å². The first-order chi connectivity index (χ1) is 9.79. The first-order valence-corrected chi connectivity index (χ1v) is 7.83. The minimum atomic E-state index is 0.536. The number of benzene rings is 1. The van der Waals surface area contributed by atoms with Crippen LogP contribution in [0, 0.1) is 5.92 Å². The fourth-order valence-electron chi connectivity index (χ4n) is 2.79. The van der Waals surface area contributed by atoms with E-state index in [0.717, 1.165) is 39.3 Å². The van der Waals surface area contributed by atoms with E-state index in [2.05, 4.69) is 54.5 Å². The molecule has 0 amide bonds. The maximum absolute atomic E-state index is 5.64. The number of rotatable bonds is 8. The average molecular weight is 276 g/mol. The SMILES string of the molecule is CCCNC1COCC1CN(C)CCc1ccccc1. The highest BCUT2D eigenvalue weighted by Gasteiger charge is 2.28. The maximum Gasteiger partial charge on any atom is 0.0623 e.